The first-order valence-corrected chi connectivity index (χ1v) is 3.88. The number of hydrogen-bond donors (Lipinski definition) is 1. The SMILES string of the molecule is FC(F)(F)C1CC(S)CCO1. The summed E-state index contributed by atoms with van der Waals surface area (Å²) in [6, 6.07) is 0. The second kappa shape index (κ2) is 3.23. The molecule has 66 valence electrons. The van der Waals surface area contributed by atoms with E-state index in [4.69, 9.17) is 0 Å². The van der Waals surface area contributed by atoms with Crippen molar-refractivity contribution in [3.8, 4) is 0 Å². The maximum Gasteiger partial charge on any atom is 0.414 e. The van der Waals surface area contributed by atoms with Crippen LogP contribution in [-0.4, -0.2) is 24.1 Å². The van der Waals surface area contributed by atoms with Crippen LogP contribution in [0.2, 0.25) is 0 Å². The van der Waals surface area contributed by atoms with Crippen LogP contribution in [0.4, 0.5) is 13.2 Å². The zero-order valence-electron chi connectivity index (χ0n) is 5.77. The standard InChI is InChI=1S/C6H9F3OS/c7-6(8,9)5-3-4(11)1-2-10-5/h4-5,11H,1-3H2. The lowest BCUT2D eigenvalue weighted by atomic mass is 10.1. The molecule has 0 N–H and O–H groups in total. The number of thiol groups is 1. The van der Waals surface area contributed by atoms with Gasteiger partial charge >= 0.3 is 6.18 Å². The zero-order valence-corrected chi connectivity index (χ0v) is 6.66. The Balaban J connectivity index is 2.46. The molecule has 0 aromatic carbocycles. The van der Waals surface area contributed by atoms with Crippen LogP contribution in [0.25, 0.3) is 0 Å². The molecule has 0 aromatic heterocycles. The molecule has 2 atom stereocenters. The van der Waals surface area contributed by atoms with E-state index in [1.165, 1.54) is 0 Å². The van der Waals surface area contributed by atoms with Gasteiger partial charge in [0.1, 0.15) is 0 Å². The molecular weight excluding hydrogens is 177 g/mol. The van der Waals surface area contributed by atoms with Crippen molar-refractivity contribution in [2.24, 2.45) is 0 Å². The Kier molecular flexibility index (Phi) is 2.70. The molecular formula is C6H9F3OS. The lowest BCUT2D eigenvalue weighted by Crippen LogP contribution is -2.38. The third-order valence-corrected chi connectivity index (χ3v) is 2.09. The molecule has 0 bridgehead atoms. The lowest BCUT2D eigenvalue weighted by Gasteiger charge is -2.28. The highest BCUT2D eigenvalue weighted by atomic mass is 32.1. The van der Waals surface area contributed by atoms with Gasteiger partial charge in [-0.25, -0.2) is 0 Å². The van der Waals surface area contributed by atoms with Gasteiger partial charge in [0.15, 0.2) is 6.10 Å². The minimum Gasteiger partial charge on any atom is -0.369 e. The first-order valence-electron chi connectivity index (χ1n) is 3.36. The Labute approximate surface area is 68.3 Å². The summed E-state index contributed by atoms with van der Waals surface area (Å²) in [7, 11) is 0. The molecule has 0 saturated carbocycles. The molecule has 1 aliphatic heterocycles. The van der Waals surface area contributed by atoms with Crippen molar-refractivity contribution in [1.82, 2.24) is 0 Å². The van der Waals surface area contributed by atoms with Crippen LogP contribution in [0.15, 0.2) is 0 Å². The Bertz CT molecular complexity index is 136. The van der Waals surface area contributed by atoms with E-state index in [0.717, 1.165) is 0 Å². The number of ether oxygens (including phenoxy) is 1. The maximum atomic E-state index is 12.0. The molecule has 5 heteroatoms. The monoisotopic (exact) mass is 186 g/mol. The van der Waals surface area contributed by atoms with Gasteiger partial charge in [0.25, 0.3) is 0 Å². The first kappa shape index (κ1) is 9.19. The van der Waals surface area contributed by atoms with Gasteiger partial charge in [0.05, 0.1) is 0 Å². The minimum absolute atomic E-state index is 0.0212. The van der Waals surface area contributed by atoms with Crippen LogP contribution in [0.1, 0.15) is 12.8 Å². The lowest BCUT2D eigenvalue weighted by molar-refractivity contribution is -0.229. The van der Waals surface area contributed by atoms with Gasteiger partial charge in [-0.05, 0) is 12.8 Å². The number of hydrogen-bond acceptors (Lipinski definition) is 2. The van der Waals surface area contributed by atoms with Gasteiger partial charge in [-0.1, -0.05) is 0 Å². The highest BCUT2D eigenvalue weighted by molar-refractivity contribution is 7.80. The second-order valence-corrected chi connectivity index (χ2v) is 3.31. The topological polar surface area (TPSA) is 9.23 Å². The van der Waals surface area contributed by atoms with Crippen molar-refractivity contribution in [1.29, 1.82) is 0 Å². The summed E-state index contributed by atoms with van der Waals surface area (Å²) in [4.78, 5) is 0. The average molecular weight is 186 g/mol. The van der Waals surface area contributed by atoms with E-state index in [1.807, 2.05) is 0 Å². The Morgan fingerprint density at radius 1 is 1.36 bits per heavy atom. The summed E-state index contributed by atoms with van der Waals surface area (Å²) < 4.78 is 40.4. The fraction of sp³-hybridized carbons (Fsp3) is 1.00. The van der Waals surface area contributed by atoms with E-state index in [1.54, 1.807) is 0 Å². The molecule has 1 fully saturated rings. The van der Waals surface area contributed by atoms with Gasteiger partial charge in [-0.15, -0.1) is 0 Å². The van der Waals surface area contributed by atoms with Crippen molar-refractivity contribution in [3.05, 3.63) is 0 Å². The predicted molar refractivity (Wildman–Crippen MR) is 37.8 cm³/mol. The highest BCUT2D eigenvalue weighted by Crippen LogP contribution is 2.31. The Morgan fingerprint density at radius 3 is 2.36 bits per heavy atom. The summed E-state index contributed by atoms with van der Waals surface area (Å²) in [5.74, 6) is 0. The third kappa shape index (κ3) is 2.56. The van der Waals surface area contributed by atoms with Crippen molar-refractivity contribution < 1.29 is 17.9 Å². The smallest absolute Gasteiger partial charge is 0.369 e. The zero-order chi connectivity index (χ0) is 8.48. The van der Waals surface area contributed by atoms with E-state index >= 15 is 0 Å². The molecule has 1 heterocycles. The van der Waals surface area contributed by atoms with Crippen LogP contribution in [0, 0.1) is 0 Å². The average Bonchev–Trinajstić information content (AvgIpc) is 1.86. The fourth-order valence-corrected chi connectivity index (χ4v) is 1.30. The van der Waals surface area contributed by atoms with Crippen LogP contribution < -0.4 is 0 Å². The molecule has 0 spiro atoms. The number of alkyl halides is 3. The van der Waals surface area contributed by atoms with Crippen molar-refractivity contribution in [2.45, 2.75) is 30.4 Å². The molecule has 11 heavy (non-hydrogen) atoms. The van der Waals surface area contributed by atoms with Crippen molar-refractivity contribution in [3.63, 3.8) is 0 Å². The summed E-state index contributed by atoms with van der Waals surface area (Å²) >= 11 is 3.97. The van der Waals surface area contributed by atoms with E-state index in [2.05, 4.69) is 17.4 Å². The van der Waals surface area contributed by atoms with E-state index in [9.17, 15) is 13.2 Å². The van der Waals surface area contributed by atoms with E-state index < -0.39 is 12.3 Å². The summed E-state index contributed by atoms with van der Waals surface area (Å²) in [5, 5.41) is -0.171. The molecule has 0 amide bonds. The highest BCUT2D eigenvalue weighted by Gasteiger charge is 2.42. The summed E-state index contributed by atoms with van der Waals surface area (Å²) in [5.41, 5.74) is 0. The molecule has 1 rings (SSSR count). The molecule has 1 aliphatic rings. The van der Waals surface area contributed by atoms with Gasteiger partial charge in [0.2, 0.25) is 0 Å². The molecule has 2 unspecified atom stereocenters. The van der Waals surface area contributed by atoms with Gasteiger partial charge in [0, 0.05) is 11.9 Å². The first-order chi connectivity index (χ1) is 5.00. The molecule has 1 nitrogen and oxygen atoms in total. The maximum absolute atomic E-state index is 12.0. The second-order valence-electron chi connectivity index (χ2n) is 2.58. The Hall–Kier alpha value is 0.1000. The Morgan fingerprint density at radius 2 is 2.00 bits per heavy atom. The van der Waals surface area contributed by atoms with Gasteiger partial charge < -0.3 is 4.74 Å². The van der Waals surface area contributed by atoms with Crippen molar-refractivity contribution in [2.75, 3.05) is 6.61 Å². The predicted octanol–water partition coefficient (Wildman–Crippen LogP) is 2.03. The fourth-order valence-electron chi connectivity index (χ4n) is 1.01. The van der Waals surface area contributed by atoms with Crippen LogP contribution in [0.3, 0.4) is 0 Å². The van der Waals surface area contributed by atoms with E-state index in [0.29, 0.717) is 6.42 Å². The van der Waals surface area contributed by atoms with Crippen molar-refractivity contribution >= 4 is 12.6 Å². The third-order valence-electron chi connectivity index (χ3n) is 1.62. The van der Waals surface area contributed by atoms with Crippen LogP contribution in [-0.2, 0) is 4.74 Å². The number of halogens is 3. The van der Waals surface area contributed by atoms with Gasteiger partial charge in [-0.3, -0.25) is 0 Å². The normalized spacial score (nSPS) is 33.8. The van der Waals surface area contributed by atoms with Crippen LogP contribution in [0.5, 0.6) is 0 Å². The summed E-state index contributed by atoms with van der Waals surface area (Å²) in [6.45, 7) is 0.165. The molecule has 0 radical (unpaired) electrons. The van der Waals surface area contributed by atoms with Gasteiger partial charge in [-0.2, -0.15) is 25.8 Å². The largest absolute Gasteiger partial charge is 0.414 e. The molecule has 1 saturated heterocycles. The molecule has 0 aliphatic carbocycles. The summed E-state index contributed by atoms with van der Waals surface area (Å²) in [6.07, 6.45) is -5.23. The van der Waals surface area contributed by atoms with Crippen LogP contribution >= 0.6 is 12.6 Å². The minimum atomic E-state index is -4.22. The molecule has 0 aromatic rings. The quantitative estimate of drug-likeness (QED) is 0.569. The number of rotatable bonds is 0. The van der Waals surface area contributed by atoms with E-state index in [-0.39, 0.29) is 18.3 Å².